The fourth-order valence-electron chi connectivity index (χ4n) is 2.62. The molecule has 0 aliphatic carbocycles. The van der Waals surface area contributed by atoms with Gasteiger partial charge >= 0.3 is 6.03 Å². The van der Waals surface area contributed by atoms with E-state index in [9.17, 15) is 4.79 Å². The molecule has 1 saturated heterocycles. The molecule has 0 bridgehead atoms. The van der Waals surface area contributed by atoms with Gasteiger partial charge in [-0.05, 0) is 31.5 Å². The molecule has 0 saturated carbocycles. The number of carbonyl (C=O) groups excluding carboxylic acids is 1. The zero-order chi connectivity index (χ0) is 16.7. The maximum atomic E-state index is 12.4. The van der Waals surface area contributed by atoms with Gasteiger partial charge in [0.25, 0.3) is 0 Å². The van der Waals surface area contributed by atoms with Crippen LogP contribution < -0.4 is 5.32 Å². The first kappa shape index (κ1) is 18.0. The molecule has 1 aromatic carbocycles. The first-order valence-corrected chi connectivity index (χ1v) is 8.59. The molecule has 128 valence electrons. The van der Waals surface area contributed by atoms with Gasteiger partial charge in [0.1, 0.15) is 0 Å². The van der Waals surface area contributed by atoms with Crippen molar-refractivity contribution < 1.29 is 9.53 Å². The van der Waals surface area contributed by atoms with E-state index in [1.807, 2.05) is 43.0 Å². The van der Waals surface area contributed by atoms with Gasteiger partial charge < -0.3 is 15.0 Å². The van der Waals surface area contributed by atoms with Gasteiger partial charge in [-0.3, -0.25) is 4.90 Å². The predicted octanol–water partition coefficient (Wildman–Crippen LogP) is 2.76. The number of hydrogen-bond acceptors (Lipinski definition) is 3. The average molecular weight is 340 g/mol. The van der Waals surface area contributed by atoms with Crippen molar-refractivity contribution >= 4 is 17.6 Å². The highest BCUT2D eigenvalue weighted by atomic mass is 35.5. The second-order valence-corrected chi connectivity index (χ2v) is 6.18. The Morgan fingerprint density at radius 1 is 1.26 bits per heavy atom. The summed E-state index contributed by atoms with van der Waals surface area (Å²) < 4.78 is 5.38. The lowest BCUT2D eigenvalue weighted by Gasteiger charge is -2.35. The van der Waals surface area contributed by atoms with Crippen LogP contribution in [-0.4, -0.2) is 61.8 Å². The molecule has 23 heavy (non-hydrogen) atoms. The van der Waals surface area contributed by atoms with Crippen LogP contribution in [0.5, 0.6) is 0 Å². The molecule has 0 spiro atoms. The van der Waals surface area contributed by atoms with E-state index in [1.54, 1.807) is 0 Å². The highest BCUT2D eigenvalue weighted by Gasteiger charge is 2.22. The molecule has 1 aliphatic rings. The van der Waals surface area contributed by atoms with E-state index in [1.165, 1.54) is 0 Å². The van der Waals surface area contributed by atoms with Gasteiger partial charge in [-0.1, -0.05) is 23.7 Å². The van der Waals surface area contributed by atoms with Crippen LogP contribution in [0.1, 0.15) is 25.5 Å². The van der Waals surface area contributed by atoms with E-state index in [0.29, 0.717) is 5.02 Å². The normalized spacial score (nSPS) is 17.1. The first-order chi connectivity index (χ1) is 11.1. The summed E-state index contributed by atoms with van der Waals surface area (Å²) in [5.74, 6) is 0. The van der Waals surface area contributed by atoms with Crippen LogP contribution in [0, 0.1) is 0 Å². The Hall–Kier alpha value is -1.30. The number of halogens is 1. The number of piperazine rings is 1. The molecule has 6 heteroatoms. The van der Waals surface area contributed by atoms with Crippen molar-refractivity contribution in [2.45, 2.75) is 19.9 Å². The van der Waals surface area contributed by atoms with Gasteiger partial charge in [-0.25, -0.2) is 4.79 Å². The highest BCUT2D eigenvalue weighted by Crippen LogP contribution is 2.16. The average Bonchev–Trinajstić information content (AvgIpc) is 2.56. The molecule has 0 aromatic heterocycles. The van der Waals surface area contributed by atoms with E-state index in [4.69, 9.17) is 16.3 Å². The molecule has 0 unspecified atom stereocenters. The number of carbonyl (C=O) groups is 1. The molecule has 2 rings (SSSR count). The topological polar surface area (TPSA) is 44.8 Å². The van der Waals surface area contributed by atoms with Crippen molar-refractivity contribution in [2.75, 3.05) is 45.9 Å². The summed E-state index contributed by atoms with van der Waals surface area (Å²) in [5, 5.41) is 3.76. The molecule has 1 aliphatic heterocycles. The molecule has 1 aromatic rings. The number of hydrogen-bond donors (Lipinski definition) is 1. The third kappa shape index (κ3) is 5.68. The fraction of sp³-hybridized carbons (Fsp3) is 0.588. The molecule has 0 radical (unpaired) electrons. The van der Waals surface area contributed by atoms with Crippen molar-refractivity contribution in [1.29, 1.82) is 0 Å². The van der Waals surface area contributed by atoms with E-state index >= 15 is 0 Å². The molecule has 1 fully saturated rings. The van der Waals surface area contributed by atoms with Gasteiger partial charge in [0, 0.05) is 44.4 Å². The van der Waals surface area contributed by atoms with Gasteiger partial charge in [0.15, 0.2) is 0 Å². The number of amides is 2. The van der Waals surface area contributed by atoms with Crippen LogP contribution in [0.4, 0.5) is 4.79 Å². The van der Waals surface area contributed by atoms with Crippen LogP contribution in [0.25, 0.3) is 0 Å². The van der Waals surface area contributed by atoms with Gasteiger partial charge in [-0.2, -0.15) is 0 Å². The molecule has 1 N–H and O–H groups in total. The highest BCUT2D eigenvalue weighted by molar-refractivity contribution is 6.30. The molecule has 2 amide bonds. The zero-order valence-electron chi connectivity index (χ0n) is 13.9. The van der Waals surface area contributed by atoms with Crippen LogP contribution in [-0.2, 0) is 4.74 Å². The SMILES string of the molecule is CCOCCN1CCN(C(=O)N[C@H](C)c2ccc(Cl)cc2)CC1. The lowest BCUT2D eigenvalue weighted by Crippen LogP contribution is -2.52. The first-order valence-electron chi connectivity index (χ1n) is 8.21. The number of rotatable bonds is 6. The van der Waals surface area contributed by atoms with E-state index in [0.717, 1.165) is 51.5 Å². The predicted molar refractivity (Wildman–Crippen MR) is 92.9 cm³/mol. The maximum Gasteiger partial charge on any atom is 0.317 e. The zero-order valence-corrected chi connectivity index (χ0v) is 14.7. The minimum Gasteiger partial charge on any atom is -0.380 e. The third-order valence-corrected chi connectivity index (χ3v) is 4.38. The molecular weight excluding hydrogens is 314 g/mol. The summed E-state index contributed by atoms with van der Waals surface area (Å²) in [6, 6.07) is 7.54. The summed E-state index contributed by atoms with van der Waals surface area (Å²) in [6.07, 6.45) is 0. The number of benzene rings is 1. The summed E-state index contributed by atoms with van der Waals surface area (Å²) in [7, 11) is 0. The summed E-state index contributed by atoms with van der Waals surface area (Å²) >= 11 is 5.89. The molecule has 1 heterocycles. The van der Waals surface area contributed by atoms with E-state index in [2.05, 4.69) is 10.2 Å². The second-order valence-electron chi connectivity index (χ2n) is 5.75. The summed E-state index contributed by atoms with van der Waals surface area (Å²) in [5.41, 5.74) is 1.05. The van der Waals surface area contributed by atoms with Crippen LogP contribution >= 0.6 is 11.6 Å². The lowest BCUT2D eigenvalue weighted by atomic mass is 10.1. The van der Waals surface area contributed by atoms with Gasteiger partial charge in [0.2, 0.25) is 0 Å². The minimum atomic E-state index is -0.0317. The monoisotopic (exact) mass is 339 g/mol. The number of nitrogens with zero attached hydrogens (tertiary/aromatic N) is 2. The minimum absolute atomic E-state index is 0.00286. The largest absolute Gasteiger partial charge is 0.380 e. The lowest BCUT2D eigenvalue weighted by molar-refractivity contribution is 0.0877. The Labute approximate surface area is 143 Å². The van der Waals surface area contributed by atoms with Crippen molar-refractivity contribution in [2.24, 2.45) is 0 Å². The summed E-state index contributed by atoms with van der Waals surface area (Å²) in [6.45, 7) is 9.75. The Kier molecular flexibility index (Phi) is 7.15. The summed E-state index contributed by atoms with van der Waals surface area (Å²) in [4.78, 5) is 16.6. The van der Waals surface area contributed by atoms with Gasteiger partial charge in [-0.15, -0.1) is 0 Å². The van der Waals surface area contributed by atoms with Crippen LogP contribution in [0.2, 0.25) is 5.02 Å². The quantitative estimate of drug-likeness (QED) is 0.810. The number of nitrogens with one attached hydrogen (secondary N) is 1. The van der Waals surface area contributed by atoms with E-state index in [-0.39, 0.29) is 12.1 Å². The van der Waals surface area contributed by atoms with Crippen molar-refractivity contribution in [1.82, 2.24) is 15.1 Å². The Morgan fingerprint density at radius 3 is 2.52 bits per heavy atom. The maximum absolute atomic E-state index is 12.4. The Balaban J connectivity index is 1.75. The number of ether oxygens (including phenoxy) is 1. The third-order valence-electron chi connectivity index (χ3n) is 4.13. The van der Waals surface area contributed by atoms with Crippen molar-refractivity contribution in [3.63, 3.8) is 0 Å². The molecule has 5 nitrogen and oxygen atoms in total. The standard InChI is InChI=1S/C17H26ClN3O2/c1-3-23-13-12-20-8-10-21(11-9-20)17(22)19-14(2)15-4-6-16(18)7-5-15/h4-7,14H,3,8-13H2,1-2H3,(H,19,22)/t14-/m1/s1. The van der Waals surface area contributed by atoms with Crippen molar-refractivity contribution in [3.05, 3.63) is 34.9 Å². The fourth-order valence-corrected chi connectivity index (χ4v) is 2.75. The van der Waals surface area contributed by atoms with Crippen molar-refractivity contribution in [3.8, 4) is 0 Å². The number of urea groups is 1. The van der Waals surface area contributed by atoms with Crippen LogP contribution in [0.15, 0.2) is 24.3 Å². The molecule has 1 atom stereocenters. The smallest absolute Gasteiger partial charge is 0.317 e. The Bertz CT molecular complexity index is 487. The Morgan fingerprint density at radius 2 is 1.91 bits per heavy atom. The molecular formula is C17H26ClN3O2. The second kappa shape index (κ2) is 9.11. The van der Waals surface area contributed by atoms with E-state index < -0.39 is 0 Å². The van der Waals surface area contributed by atoms with Crippen LogP contribution in [0.3, 0.4) is 0 Å². The van der Waals surface area contributed by atoms with Gasteiger partial charge in [0.05, 0.1) is 12.6 Å².